The van der Waals surface area contributed by atoms with E-state index >= 15 is 0 Å². The number of benzene rings is 2. The van der Waals surface area contributed by atoms with Gasteiger partial charge in [-0.15, -0.1) is 16.3 Å². The third-order valence-electron chi connectivity index (χ3n) is 4.97. The Morgan fingerprint density at radius 1 is 0.531 bits per heavy atom. The lowest BCUT2D eigenvalue weighted by molar-refractivity contribution is 0.452. The predicted octanol–water partition coefficient (Wildman–Crippen LogP) is 3.05. The Bertz CT molecular complexity index is 979. The first-order valence-corrected chi connectivity index (χ1v) is 15.8. The van der Waals surface area contributed by atoms with E-state index < -0.39 is 36.9 Å². The fourth-order valence-corrected chi connectivity index (χ4v) is 15.8. The summed E-state index contributed by atoms with van der Waals surface area (Å²) in [5.74, 6) is 0. The zero-order valence-corrected chi connectivity index (χ0v) is 22.2. The van der Waals surface area contributed by atoms with Crippen molar-refractivity contribution in [3.63, 3.8) is 0 Å². The number of rotatable bonds is 6. The lowest BCUT2D eigenvalue weighted by Crippen LogP contribution is -2.53. The minimum atomic E-state index is -3.98. The molecule has 176 valence electrons. The molecule has 1 aliphatic rings. The smallest absolute Gasteiger partial charge is 0.194 e. The molecule has 0 atom stereocenters. The number of hydrogen-bond acceptors (Lipinski definition) is 4. The first-order valence-electron chi connectivity index (χ1n) is 10.6. The fourth-order valence-electron chi connectivity index (χ4n) is 3.66. The molecule has 12 heteroatoms. The van der Waals surface area contributed by atoms with Gasteiger partial charge in [-0.2, -0.15) is 16.8 Å². The SMILES string of the molecule is CCN1P(c2ccccc2)N(CC)S(=O)(=O)N(CC)P(c2ccccc2)N(CC)S1(=O)=O. The molecule has 2 aromatic rings. The summed E-state index contributed by atoms with van der Waals surface area (Å²) >= 11 is 0. The van der Waals surface area contributed by atoms with Crippen LogP contribution in [0.5, 0.6) is 0 Å². The maximum Gasteiger partial charge on any atom is 0.291 e. The number of nitrogens with zero attached hydrogens (tertiary/aromatic N) is 4. The van der Waals surface area contributed by atoms with Crippen LogP contribution in [0.3, 0.4) is 0 Å². The average Bonchev–Trinajstić information content (AvgIpc) is 2.79. The Labute approximate surface area is 194 Å². The summed E-state index contributed by atoms with van der Waals surface area (Å²) in [4.78, 5) is 0. The first-order chi connectivity index (χ1) is 15.2. The minimum absolute atomic E-state index is 0.162. The molecular formula is C20H30N4O4P2S2. The molecule has 1 heterocycles. The molecule has 2 aromatic carbocycles. The Kier molecular flexibility index (Phi) is 8.45. The molecular weight excluding hydrogens is 486 g/mol. The average molecular weight is 517 g/mol. The highest BCUT2D eigenvalue weighted by Gasteiger charge is 2.51. The lowest BCUT2D eigenvalue weighted by Gasteiger charge is -2.47. The summed E-state index contributed by atoms with van der Waals surface area (Å²) in [5.41, 5.74) is 0. The quantitative estimate of drug-likeness (QED) is 0.553. The summed E-state index contributed by atoms with van der Waals surface area (Å²) in [6.07, 6.45) is 0. The van der Waals surface area contributed by atoms with Gasteiger partial charge in [0.2, 0.25) is 0 Å². The van der Waals surface area contributed by atoms with E-state index in [0.717, 1.165) is 0 Å². The van der Waals surface area contributed by atoms with Gasteiger partial charge >= 0.3 is 0 Å². The normalized spacial score (nSPS) is 25.2. The van der Waals surface area contributed by atoms with Crippen LogP contribution in [0.4, 0.5) is 0 Å². The summed E-state index contributed by atoms with van der Waals surface area (Å²) in [5, 5.41) is 1.35. The second-order valence-electron chi connectivity index (χ2n) is 6.82. The van der Waals surface area contributed by atoms with Crippen LogP contribution in [0.2, 0.25) is 0 Å². The van der Waals surface area contributed by atoms with E-state index in [0.29, 0.717) is 10.6 Å². The highest BCUT2D eigenvalue weighted by Crippen LogP contribution is 2.57. The van der Waals surface area contributed by atoms with Crippen molar-refractivity contribution in [3.8, 4) is 0 Å². The zero-order chi connectivity index (χ0) is 23.5. The molecule has 0 aliphatic carbocycles. The van der Waals surface area contributed by atoms with Gasteiger partial charge < -0.3 is 0 Å². The van der Waals surface area contributed by atoms with E-state index in [4.69, 9.17) is 0 Å². The summed E-state index contributed by atoms with van der Waals surface area (Å²) in [7, 11) is -11.7. The van der Waals surface area contributed by atoms with Crippen LogP contribution in [0.25, 0.3) is 0 Å². The van der Waals surface area contributed by atoms with Crippen LogP contribution >= 0.6 is 16.4 Å². The van der Waals surface area contributed by atoms with Gasteiger partial charge in [0.15, 0.2) is 0 Å². The molecule has 0 N–H and O–H groups in total. The molecule has 0 spiro atoms. The predicted molar refractivity (Wildman–Crippen MR) is 133 cm³/mol. The van der Waals surface area contributed by atoms with E-state index in [9.17, 15) is 16.8 Å². The monoisotopic (exact) mass is 516 g/mol. The van der Waals surface area contributed by atoms with Crippen LogP contribution in [0, 0.1) is 0 Å². The van der Waals surface area contributed by atoms with Gasteiger partial charge in [-0.25, -0.2) is 0 Å². The minimum Gasteiger partial charge on any atom is -0.194 e. The standard InChI is InChI=1S/C20H30N4O4P2S2/c1-5-21-29(19-15-11-9-12-16-19)22(6-2)32(27,28)24(8-4)30(20-17-13-10-14-18-20)23(7-3)31(21,25)26/h9-18H,5-8H2,1-4H3. The van der Waals surface area contributed by atoms with Crippen LogP contribution in [-0.2, 0) is 20.4 Å². The van der Waals surface area contributed by atoms with Crippen molar-refractivity contribution < 1.29 is 16.8 Å². The van der Waals surface area contributed by atoms with Crippen LogP contribution in [0.1, 0.15) is 27.7 Å². The lowest BCUT2D eigenvalue weighted by atomic mass is 10.4. The molecule has 1 fully saturated rings. The van der Waals surface area contributed by atoms with Gasteiger partial charge in [-0.3, -0.25) is 0 Å². The topological polar surface area (TPSA) is 81.2 Å². The van der Waals surface area contributed by atoms with Crippen molar-refractivity contribution in [3.05, 3.63) is 60.7 Å². The van der Waals surface area contributed by atoms with Gasteiger partial charge in [-0.1, -0.05) is 88.4 Å². The van der Waals surface area contributed by atoms with Gasteiger partial charge in [-0.05, 0) is 0 Å². The molecule has 3 rings (SSSR count). The van der Waals surface area contributed by atoms with Crippen molar-refractivity contribution in [1.82, 2.24) is 16.3 Å². The molecule has 0 amide bonds. The van der Waals surface area contributed by atoms with Crippen molar-refractivity contribution in [2.45, 2.75) is 27.7 Å². The zero-order valence-electron chi connectivity index (χ0n) is 18.7. The van der Waals surface area contributed by atoms with Crippen LogP contribution in [0.15, 0.2) is 60.7 Å². The van der Waals surface area contributed by atoms with Gasteiger partial charge in [0.05, 0.1) is 0 Å². The highest BCUT2D eigenvalue weighted by atomic mass is 32.3. The largest absolute Gasteiger partial charge is 0.291 e. The molecule has 0 saturated carbocycles. The molecule has 32 heavy (non-hydrogen) atoms. The molecule has 0 unspecified atom stereocenters. The Hall–Kier alpha value is -0.960. The van der Waals surface area contributed by atoms with Crippen molar-refractivity contribution in [2.75, 3.05) is 26.2 Å². The molecule has 1 saturated heterocycles. The van der Waals surface area contributed by atoms with E-state index in [1.807, 2.05) is 36.4 Å². The Balaban J connectivity index is 2.36. The Morgan fingerprint density at radius 3 is 1.00 bits per heavy atom. The second-order valence-corrected chi connectivity index (χ2v) is 15.6. The maximum absolute atomic E-state index is 14.1. The van der Waals surface area contributed by atoms with Gasteiger partial charge in [0.1, 0.15) is 16.4 Å². The summed E-state index contributed by atoms with van der Waals surface area (Å²) in [6.45, 7) is 7.68. The van der Waals surface area contributed by atoms with Crippen molar-refractivity contribution in [1.29, 1.82) is 0 Å². The third-order valence-corrected chi connectivity index (χ3v) is 16.8. The van der Waals surface area contributed by atoms with Crippen molar-refractivity contribution >= 4 is 47.5 Å². The van der Waals surface area contributed by atoms with Crippen molar-refractivity contribution in [2.24, 2.45) is 0 Å². The van der Waals surface area contributed by atoms with E-state index in [2.05, 4.69) is 0 Å². The fraction of sp³-hybridized carbons (Fsp3) is 0.400. The number of hydrogen-bond donors (Lipinski definition) is 0. The third kappa shape index (κ3) is 4.52. The second kappa shape index (κ2) is 10.5. The summed E-state index contributed by atoms with van der Waals surface area (Å²) in [6, 6.07) is 18.1. The maximum atomic E-state index is 14.1. The molecule has 1 aliphatic heterocycles. The molecule has 0 radical (unpaired) electrons. The summed E-state index contributed by atoms with van der Waals surface area (Å²) < 4.78 is 61.8. The van der Waals surface area contributed by atoms with E-state index in [-0.39, 0.29) is 26.2 Å². The van der Waals surface area contributed by atoms with E-state index in [1.54, 1.807) is 52.0 Å². The highest BCUT2D eigenvalue weighted by molar-refractivity contribution is 8.05. The molecule has 8 nitrogen and oxygen atoms in total. The van der Waals surface area contributed by atoms with Gasteiger partial charge in [0, 0.05) is 36.8 Å². The molecule has 0 aromatic heterocycles. The Morgan fingerprint density at radius 2 is 0.781 bits per heavy atom. The van der Waals surface area contributed by atoms with Crippen LogP contribution in [-0.4, -0.2) is 59.3 Å². The van der Waals surface area contributed by atoms with Gasteiger partial charge in [0.25, 0.3) is 20.4 Å². The van der Waals surface area contributed by atoms with Crippen LogP contribution < -0.4 is 10.6 Å². The first kappa shape index (κ1) is 25.7. The molecule has 0 bridgehead atoms. The van der Waals surface area contributed by atoms with E-state index in [1.165, 1.54) is 16.3 Å².